The molecule has 0 saturated carbocycles. The van der Waals surface area contributed by atoms with Gasteiger partial charge in [-0.1, -0.05) is 18.1 Å². The third kappa shape index (κ3) is 4.72. The van der Waals surface area contributed by atoms with Crippen molar-refractivity contribution in [2.75, 3.05) is 44.2 Å². The van der Waals surface area contributed by atoms with Crippen molar-refractivity contribution < 1.29 is 23.0 Å². The summed E-state index contributed by atoms with van der Waals surface area (Å²) in [5, 5.41) is 25.5. The number of terminal acetylenes is 1. The molecule has 3 aliphatic heterocycles. The predicted molar refractivity (Wildman–Crippen MR) is 167 cm³/mol. The topological polar surface area (TPSA) is 84.6 Å². The Labute approximate surface area is 259 Å². The maximum Gasteiger partial charge on any atom is 0.234 e. The van der Waals surface area contributed by atoms with Crippen molar-refractivity contribution in [3.8, 4) is 41.2 Å². The summed E-state index contributed by atoms with van der Waals surface area (Å²) in [5.41, 5.74) is 0.405. The Morgan fingerprint density at radius 3 is 2.80 bits per heavy atom. The first kappa shape index (κ1) is 29.2. The zero-order valence-corrected chi connectivity index (χ0v) is 24.8. The second-order valence-corrected chi connectivity index (χ2v) is 12.3. The second kappa shape index (κ2) is 11.1. The number of pyridine rings is 1. The molecule has 3 atom stereocenters. The average molecular weight is 612 g/mol. The van der Waals surface area contributed by atoms with Crippen LogP contribution < -0.4 is 15.0 Å². The summed E-state index contributed by atoms with van der Waals surface area (Å²) in [4.78, 5) is 8.79. The third-order valence-electron chi connectivity index (χ3n) is 9.66. The van der Waals surface area contributed by atoms with Crippen LogP contribution in [0.1, 0.15) is 37.3 Å². The van der Waals surface area contributed by atoms with Gasteiger partial charge in [0.1, 0.15) is 41.5 Å². The molecule has 7 nitrogen and oxygen atoms in total. The van der Waals surface area contributed by atoms with E-state index in [1.54, 1.807) is 12.1 Å². The Morgan fingerprint density at radius 2 is 2.02 bits per heavy atom. The van der Waals surface area contributed by atoms with Crippen LogP contribution in [0.5, 0.6) is 11.6 Å². The molecular formula is C35H32F3N5O2. The first-order valence-corrected chi connectivity index (χ1v) is 15.2. The van der Waals surface area contributed by atoms with Gasteiger partial charge in [0.05, 0.1) is 16.8 Å². The summed E-state index contributed by atoms with van der Waals surface area (Å²) in [6.07, 6.45) is 6.75. The molecule has 4 aromatic rings. The molecule has 0 aliphatic carbocycles. The molecule has 3 saturated heterocycles. The Kier molecular flexibility index (Phi) is 7.23. The minimum absolute atomic E-state index is 0.0126. The van der Waals surface area contributed by atoms with Crippen molar-refractivity contribution in [2.24, 2.45) is 0 Å². The number of halogens is 3. The number of piperazine rings is 1. The number of aromatic nitrogens is 1. The molecule has 0 amide bonds. The maximum atomic E-state index is 16.9. The van der Waals surface area contributed by atoms with E-state index >= 15 is 4.39 Å². The number of phenols is 1. The minimum atomic E-state index is -0.957. The van der Waals surface area contributed by atoms with Gasteiger partial charge in [-0.3, -0.25) is 4.90 Å². The number of hydrogen-bond donors (Lipinski definition) is 2. The number of ether oxygens (including phenoxy) is 1. The molecule has 2 N–H and O–H groups in total. The van der Waals surface area contributed by atoms with E-state index in [0.29, 0.717) is 49.1 Å². The second-order valence-electron chi connectivity index (χ2n) is 12.3. The number of phenolic OH excluding ortho intramolecular Hbond substituents is 1. The number of aromatic hydroxyl groups is 1. The zero-order valence-electron chi connectivity index (χ0n) is 24.8. The lowest BCUT2D eigenvalue weighted by Crippen LogP contribution is -2.50. The molecule has 1 unspecified atom stereocenters. The number of benzene rings is 3. The fraction of sp³-hybridized carbons (Fsp3) is 0.371. The number of nitrogens with one attached hydrogen (secondary N) is 1. The highest BCUT2D eigenvalue weighted by atomic mass is 19.1. The molecule has 3 aromatic carbocycles. The quantitative estimate of drug-likeness (QED) is 0.283. The lowest BCUT2D eigenvalue weighted by Gasteiger charge is -2.37. The number of rotatable bonds is 5. The number of hydrogen-bond acceptors (Lipinski definition) is 7. The minimum Gasteiger partial charge on any atom is -0.508 e. The van der Waals surface area contributed by atoms with Crippen molar-refractivity contribution in [3.63, 3.8) is 0 Å². The fourth-order valence-corrected chi connectivity index (χ4v) is 7.57. The van der Waals surface area contributed by atoms with Crippen LogP contribution in [0.4, 0.5) is 18.9 Å². The smallest absolute Gasteiger partial charge is 0.234 e. The first-order valence-electron chi connectivity index (χ1n) is 15.2. The lowest BCUT2D eigenvalue weighted by molar-refractivity contribution is 0.110. The SMILES string of the molecule is C#Cc1c(F)ccc2cc(O)cc(-c3ccc4c(N5CCNC[C@H]5C)c(C#N)c(OCC56CCCN5C[C@H](F)C6)nc4c3F)c12. The van der Waals surface area contributed by atoms with Crippen LogP contribution in [0, 0.1) is 35.3 Å². The van der Waals surface area contributed by atoms with Gasteiger partial charge in [0, 0.05) is 55.0 Å². The number of nitrogens with zero attached hydrogens (tertiary/aromatic N) is 4. The summed E-state index contributed by atoms with van der Waals surface area (Å²) in [6.45, 7) is 5.17. The van der Waals surface area contributed by atoms with Crippen LogP contribution >= 0.6 is 0 Å². The van der Waals surface area contributed by atoms with E-state index in [1.807, 2.05) is 6.92 Å². The summed E-state index contributed by atoms with van der Waals surface area (Å²) >= 11 is 0. The number of nitriles is 1. The normalized spacial score (nSPS) is 23.3. The van der Waals surface area contributed by atoms with Gasteiger partial charge in [-0.05, 0) is 61.5 Å². The summed E-state index contributed by atoms with van der Waals surface area (Å²) in [6, 6.07) is 11.0. The van der Waals surface area contributed by atoms with Gasteiger partial charge in [-0.15, -0.1) is 6.42 Å². The average Bonchev–Trinajstić information content (AvgIpc) is 3.55. The molecule has 230 valence electrons. The standard InChI is InChI=1S/C35H32F3N5O2/c1-3-24-29(37)8-5-21-13-23(44)14-27(30(21)24)25-6-7-26-32(31(25)38)41-34(28(16-39)33(26)43-12-10-40-17-20(43)2)45-19-35-9-4-11-42(35)18-22(36)15-35/h1,5-8,13-14,20,22,40,44H,4,9-12,15,17-19H2,2H3/t20-,22-,35?/m1/s1. The van der Waals surface area contributed by atoms with Crippen LogP contribution in [0.15, 0.2) is 36.4 Å². The largest absolute Gasteiger partial charge is 0.508 e. The first-order chi connectivity index (χ1) is 21.7. The Morgan fingerprint density at radius 1 is 1.18 bits per heavy atom. The van der Waals surface area contributed by atoms with Crippen molar-refractivity contribution >= 4 is 27.4 Å². The van der Waals surface area contributed by atoms with Crippen LogP contribution in [0.25, 0.3) is 32.8 Å². The van der Waals surface area contributed by atoms with Gasteiger partial charge >= 0.3 is 0 Å². The Balaban J connectivity index is 1.44. The molecule has 7 rings (SSSR count). The number of alkyl halides is 1. The molecule has 3 fully saturated rings. The molecule has 1 aromatic heterocycles. The monoisotopic (exact) mass is 611 g/mol. The van der Waals surface area contributed by atoms with E-state index < -0.39 is 23.3 Å². The van der Waals surface area contributed by atoms with Crippen molar-refractivity contribution in [3.05, 3.63) is 59.2 Å². The van der Waals surface area contributed by atoms with Gasteiger partial charge in [-0.25, -0.2) is 18.2 Å². The molecule has 3 aliphatic rings. The zero-order chi connectivity index (χ0) is 31.5. The predicted octanol–water partition coefficient (Wildman–Crippen LogP) is 5.65. The highest BCUT2D eigenvalue weighted by molar-refractivity contribution is 6.05. The molecule has 4 heterocycles. The lowest BCUT2D eigenvalue weighted by atomic mass is 9.92. The van der Waals surface area contributed by atoms with E-state index in [0.717, 1.165) is 19.4 Å². The van der Waals surface area contributed by atoms with Gasteiger partial charge < -0.3 is 20.1 Å². The van der Waals surface area contributed by atoms with Crippen molar-refractivity contribution in [1.29, 1.82) is 5.26 Å². The van der Waals surface area contributed by atoms with E-state index in [2.05, 4.69) is 32.1 Å². The molecular weight excluding hydrogens is 579 g/mol. The van der Waals surface area contributed by atoms with Crippen LogP contribution in [-0.2, 0) is 0 Å². The fourth-order valence-electron chi connectivity index (χ4n) is 7.57. The van der Waals surface area contributed by atoms with E-state index in [-0.39, 0.29) is 57.4 Å². The van der Waals surface area contributed by atoms with E-state index in [9.17, 15) is 19.1 Å². The molecule has 0 spiro atoms. The summed E-state index contributed by atoms with van der Waals surface area (Å²) in [5.74, 6) is 0.864. The highest BCUT2D eigenvalue weighted by Gasteiger charge is 2.49. The van der Waals surface area contributed by atoms with Crippen molar-refractivity contribution in [1.82, 2.24) is 15.2 Å². The number of fused-ring (bicyclic) bond motifs is 3. The Hall–Kier alpha value is -4.51. The molecule has 45 heavy (non-hydrogen) atoms. The number of anilines is 1. The van der Waals surface area contributed by atoms with Crippen LogP contribution in [0.3, 0.4) is 0 Å². The maximum absolute atomic E-state index is 16.9. The third-order valence-corrected chi connectivity index (χ3v) is 9.66. The van der Waals surface area contributed by atoms with Crippen molar-refractivity contribution in [2.45, 2.75) is 43.9 Å². The highest BCUT2D eigenvalue weighted by Crippen LogP contribution is 2.44. The Bertz CT molecular complexity index is 1940. The molecule has 10 heteroatoms. The van der Waals surface area contributed by atoms with E-state index in [1.165, 1.54) is 24.3 Å². The molecule has 0 bridgehead atoms. The van der Waals surface area contributed by atoms with Crippen LogP contribution in [0.2, 0.25) is 0 Å². The van der Waals surface area contributed by atoms with E-state index in [4.69, 9.17) is 11.2 Å². The van der Waals surface area contributed by atoms with Gasteiger partial charge in [0.25, 0.3) is 0 Å². The van der Waals surface area contributed by atoms with Gasteiger partial charge in [0.15, 0.2) is 5.82 Å². The summed E-state index contributed by atoms with van der Waals surface area (Å²) in [7, 11) is 0. The van der Waals surface area contributed by atoms with Gasteiger partial charge in [0.2, 0.25) is 5.88 Å². The van der Waals surface area contributed by atoms with Crippen LogP contribution in [-0.4, -0.2) is 72.1 Å². The summed E-state index contributed by atoms with van der Waals surface area (Å²) < 4.78 is 52.6. The van der Waals surface area contributed by atoms with Gasteiger partial charge in [-0.2, -0.15) is 5.26 Å². The molecule has 0 radical (unpaired) electrons.